The van der Waals surface area contributed by atoms with E-state index in [-0.39, 0.29) is 15.8 Å². The quantitative estimate of drug-likeness (QED) is 0.709. The van der Waals surface area contributed by atoms with Crippen molar-refractivity contribution in [2.45, 2.75) is 18.7 Å². The Hall–Kier alpha value is -2.65. The van der Waals surface area contributed by atoms with Crippen LogP contribution in [0.2, 0.25) is 0 Å². The van der Waals surface area contributed by atoms with Crippen molar-refractivity contribution in [3.63, 3.8) is 0 Å². The summed E-state index contributed by atoms with van der Waals surface area (Å²) in [5.74, 6) is -0.167. The van der Waals surface area contributed by atoms with Gasteiger partial charge in [-0.1, -0.05) is 12.1 Å². The summed E-state index contributed by atoms with van der Waals surface area (Å²) in [6.45, 7) is 3.50. The molecule has 25 heavy (non-hydrogen) atoms. The summed E-state index contributed by atoms with van der Waals surface area (Å²) >= 11 is 1.14. The monoisotopic (exact) mass is 377 g/mol. The summed E-state index contributed by atoms with van der Waals surface area (Å²) in [4.78, 5) is 15.6. The van der Waals surface area contributed by atoms with Gasteiger partial charge in [-0.3, -0.25) is 9.52 Å². The maximum atomic E-state index is 12.4. The lowest BCUT2D eigenvalue weighted by Gasteiger charge is -2.05. The molecule has 0 atom stereocenters. The van der Waals surface area contributed by atoms with Gasteiger partial charge in [-0.2, -0.15) is 0 Å². The summed E-state index contributed by atoms with van der Waals surface area (Å²) < 4.78 is 32.6. The number of carbonyl (C=O) groups excluding carboxylic acids is 1. The largest absolute Gasteiger partial charge is 0.456 e. The van der Waals surface area contributed by atoms with Crippen molar-refractivity contribution >= 4 is 32.4 Å². The molecule has 130 valence electrons. The maximum Gasteiger partial charge on any atom is 0.284 e. The van der Waals surface area contributed by atoms with Crippen molar-refractivity contribution in [3.05, 3.63) is 52.8 Å². The first-order chi connectivity index (χ1) is 11.8. The minimum absolute atomic E-state index is 0.0300. The number of amides is 1. The molecule has 7 nitrogen and oxygen atoms in total. The number of carbonyl (C=O) groups is 1. The highest BCUT2D eigenvalue weighted by Crippen LogP contribution is 2.30. The zero-order chi connectivity index (χ0) is 18.2. The molecule has 0 radical (unpaired) electrons. The van der Waals surface area contributed by atoms with E-state index in [2.05, 4.69) is 9.71 Å². The molecule has 0 unspecified atom stereocenters. The summed E-state index contributed by atoms with van der Waals surface area (Å²) in [5, 5.41) is 1.90. The van der Waals surface area contributed by atoms with Crippen LogP contribution in [0.4, 0.5) is 5.13 Å². The van der Waals surface area contributed by atoms with Gasteiger partial charge in [0.2, 0.25) is 0 Å². The highest BCUT2D eigenvalue weighted by Gasteiger charge is 2.19. The first-order valence-electron chi connectivity index (χ1n) is 7.22. The van der Waals surface area contributed by atoms with Crippen LogP contribution < -0.4 is 10.5 Å². The van der Waals surface area contributed by atoms with Crippen molar-refractivity contribution < 1.29 is 17.6 Å². The van der Waals surface area contributed by atoms with Crippen molar-refractivity contribution in [1.29, 1.82) is 0 Å². The number of hydrogen-bond donors (Lipinski definition) is 2. The van der Waals surface area contributed by atoms with E-state index in [1.165, 1.54) is 12.1 Å². The number of aromatic nitrogens is 1. The molecule has 2 aromatic heterocycles. The topological polar surface area (TPSA) is 115 Å². The van der Waals surface area contributed by atoms with Gasteiger partial charge in [-0.05, 0) is 37.6 Å². The number of thiazole rings is 1. The van der Waals surface area contributed by atoms with E-state index in [9.17, 15) is 13.2 Å². The molecule has 0 saturated carbocycles. The molecule has 0 aliphatic carbocycles. The molecule has 0 aliphatic rings. The van der Waals surface area contributed by atoms with Gasteiger partial charge >= 0.3 is 0 Å². The van der Waals surface area contributed by atoms with Gasteiger partial charge in [0.25, 0.3) is 15.9 Å². The van der Waals surface area contributed by atoms with Gasteiger partial charge in [0.1, 0.15) is 5.76 Å². The molecule has 0 saturated heterocycles. The second-order valence-electron chi connectivity index (χ2n) is 5.40. The van der Waals surface area contributed by atoms with Gasteiger partial charge in [0.15, 0.2) is 10.9 Å². The lowest BCUT2D eigenvalue weighted by molar-refractivity contribution is 0.0972. The summed E-state index contributed by atoms with van der Waals surface area (Å²) in [7, 11) is -3.72. The van der Waals surface area contributed by atoms with E-state index in [0.717, 1.165) is 16.9 Å². The molecule has 3 N–H and O–H groups in total. The predicted octanol–water partition coefficient (Wildman–Crippen LogP) is 2.92. The number of primary amides is 1. The number of furan rings is 1. The van der Waals surface area contributed by atoms with E-state index < -0.39 is 15.9 Å². The second kappa shape index (κ2) is 6.34. The molecule has 0 spiro atoms. The lowest BCUT2D eigenvalue weighted by Crippen LogP contribution is -2.12. The number of benzene rings is 1. The molecule has 2 heterocycles. The molecule has 0 aliphatic heterocycles. The summed E-state index contributed by atoms with van der Waals surface area (Å²) in [6, 6.07) is 8.08. The fourth-order valence-electron chi connectivity index (χ4n) is 2.26. The van der Waals surface area contributed by atoms with E-state index in [0.29, 0.717) is 17.0 Å². The average molecular weight is 377 g/mol. The highest BCUT2D eigenvalue weighted by molar-refractivity contribution is 7.93. The van der Waals surface area contributed by atoms with Gasteiger partial charge in [0, 0.05) is 10.9 Å². The van der Waals surface area contributed by atoms with Crippen LogP contribution in [0.15, 0.2) is 45.0 Å². The molecular formula is C16H15N3O4S2. The van der Waals surface area contributed by atoms with Crippen LogP contribution in [0.3, 0.4) is 0 Å². The zero-order valence-electron chi connectivity index (χ0n) is 13.4. The summed E-state index contributed by atoms with van der Waals surface area (Å²) in [6.07, 6.45) is 0. The first kappa shape index (κ1) is 17.2. The number of hydrogen-bond acceptors (Lipinski definition) is 6. The minimum Gasteiger partial charge on any atom is -0.456 e. The average Bonchev–Trinajstić information content (AvgIpc) is 3.13. The standard InChI is InChI=1S/C16H15N3O4S2/c1-9-4-3-5-11(6-9)25(21,22)19-16-18-13(8-24-16)12-7-14(15(17)20)23-10(12)2/h3-8H,1-2H3,(H2,17,20)(H,18,19). The van der Waals surface area contributed by atoms with Crippen molar-refractivity contribution in [3.8, 4) is 11.3 Å². The SMILES string of the molecule is Cc1cccc(S(=O)(=O)Nc2nc(-c3cc(C(N)=O)oc3C)cs2)c1. The fourth-order valence-corrected chi connectivity index (χ4v) is 4.33. The van der Waals surface area contributed by atoms with Crippen molar-refractivity contribution in [2.24, 2.45) is 5.73 Å². The molecular weight excluding hydrogens is 362 g/mol. The van der Waals surface area contributed by atoms with E-state index >= 15 is 0 Å². The van der Waals surface area contributed by atoms with Gasteiger partial charge < -0.3 is 10.2 Å². The van der Waals surface area contributed by atoms with Gasteiger partial charge in [-0.25, -0.2) is 13.4 Å². The molecule has 1 aromatic carbocycles. The number of nitrogens with zero attached hydrogens (tertiary/aromatic N) is 1. The van der Waals surface area contributed by atoms with Crippen LogP contribution in [-0.2, 0) is 10.0 Å². The van der Waals surface area contributed by atoms with Crippen LogP contribution in [0, 0.1) is 13.8 Å². The number of nitrogens with one attached hydrogen (secondary N) is 1. The smallest absolute Gasteiger partial charge is 0.284 e. The molecule has 0 fully saturated rings. The normalized spacial score (nSPS) is 11.4. The van der Waals surface area contributed by atoms with Crippen LogP contribution in [-0.4, -0.2) is 19.3 Å². The third-order valence-corrected chi connectivity index (χ3v) is 5.69. The molecule has 3 aromatic rings. The number of sulfonamides is 1. The van der Waals surface area contributed by atoms with E-state index in [1.54, 1.807) is 24.4 Å². The van der Waals surface area contributed by atoms with Crippen molar-refractivity contribution in [1.82, 2.24) is 4.98 Å². The Kier molecular flexibility index (Phi) is 4.36. The third kappa shape index (κ3) is 3.57. The Morgan fingerprint density at radius 2 is 2.04 bits per heavy atom. The summed E-state index contributed by atoms with van der Waals surface area (Å²) in [5.41, 5.74) is 7.13. The molecule has 0 bridgehead atoms. The second-order valence-corrected chi connectivity index (χ2v) is 7.95. The number of aryl methyl sites for hydroxylation is 2. The van der Waals surface area contributed by atoms with Crippen LogP contribution in [0.25, 0.3) is 11.3 Å². The van der Waals surface area contributed by atoms with Crippen LogP contribution in [0.1, 0.15) is 21.9 Å². The van der Waals surface area contributed by atoms with Crippen LogP contribution in [0.5, 0.6) is 0 Å². The number of nitrogens with two attached hydrogens (primary N) is 1. The minimum atomic E-state index is -3.72. The number of rotatable bonds is 5. The van der Waals surface area contributed by atoms with Gasteiger partial charge in [-0.15, -0.1) is 11.3 Å². The third-order valence-electron chi connectivity index (χ3n) is 3.46. The predicted molar refractivity (Wildman–Crippen MR) is 95.1 cm³/mol. The highest BCUT2D eigenvalue weighted by atomic mass is 32.2. The molecule has 9 heteroatoms. The Balaban J connectivity index is 1.88. The number of anilines is 1. The first-order valence-corrected chi connectivity index (χ1v) is 9.58. The van der Waals surface area contributed by atoms with Crippen molar-refractivity contribution in [2.75, 3.05) is 4.72 Å². The Bertz CT molecular complexity index is 1050. The molecule has 1 amide bonds. The Morgan fingerprint density at radius 1 is 1.28 bits per heavy atom. The maximum absolute atomic E-state index is 12.4. The van der Waals surface area contributed by atoms with E-state index in [1.807, 2.05) is 13.0 Å². The van der Waals surface area contributed by atoms with Gasteiger partial charge in [0.05, 0.1) is 10.6 Å². The lowest BCUT2D eigenvalue weighted by atomic mass is 10.2. The Labute approximate surface area is 148 Å². The van der Waals surface area contributed by atoms with E-state index in [4.69, 9.17) is 10.2 Å². The Morgan fingerprint density at radius 3 is 2.68 bits per heavy atom. The fraction of sp³-hybridized carbons (Fsp3) is 0.125. The zero-order valence-corrected chi connectivity index (χ0v) is 15.1. The molecule has 3 rings (SSSR count). The van der Waals surface area contributed by atoms with Crippen LogP contribution >= 0.6 is 11.3 Å².